The van der Waals surface area contributed by atoms with Crippen molar-refractivity contribution in [3.8, 4) is 0 Å². The highest BCUT2D eigenvalue weighted by Gasteiger charge is 2.04. The summed E-state index contributed by atoms with van der Waals surface area (Å²) in [6.07, 6.45) is 1.59. The molecule has 1 heterocycles. The van der Waals surface area contributed by atoms with Crippen LogP contribution in [-0.2, 0) is 0 Å². The Labute approximate surface area is 76.6 Å². The van der Waals surface area contributed by atoms with Gasteiger partial charge in [0.1, 0.15) is 5.69 Å². The van der Waals surface area contributed by atoms with Gasteiger partial charge in [0.15, 0.2) is 0 Å². The Balaban J connectivity index is 2.66. The van der Waals surface area contributed by atoms with E-state index in [-0.39, 0.29) is 19.1 Å². The van der Waals surface area contributed by atoms with Gasteiger partial charge in [-0.25, -0.2) is 0 Å². The highest BCUT2D eigenvalue weighted by molar-refractivity contribution is 5.92. The van der Waals surface area contributed by atoms with Crippen molar-refractivity contribution in [1.82, 2.24) is 10.3 Å². The van der Waals surface area contributed by atoms with E-state index in [1.54, 1.807) is 12.3 Å². The minimum atomic E-state index is -0.252. The molecule has 0 aliphatic heterocycles. The lowest BCUT2D eigenvalue weighted by molar-refractivity contribution is 0.0939. The standard InChI is InChI=1S/C9H12N2O2/c1-7-2-3-10-8(6-7)9(13)11-4-5-12/h2-3,6,12H,4-5H2,1H3,(H,11,13). The number of aryl methyl sites for hydroxylation is 1. The van der Waals surface area contributed by atoms with Crippen LogP contribution in [0.15, 0.2) is 18.3 Å². The molecule has 0 spiro atoms. The Bertz CT molecular complexity index is 299. The molecule has 0 aliphatic rings. The molecule has 1 rings (SSSR count). The van der Waals surface area contributed by atoms with Crippen LogP contribution in [0.2, 0.25) is 0 Å². The van der Waals surface area contributed by atoms with Crippen LogP contribution in [-0.4, -0.2) is 29.1 Å². The maximum absolute atomic E-state index is 11.3. The fourth-order valence-electron chi connectivity index (χ4n) is 0.920. The summed E-state index contributed by atoms with van der Waals surface area (Å²) in [7, 11) is 0. The van der Waals surface area contributed by atoms with E-state index in [0.29, 0.717) is 5.69 Å². The number of hydrogen-bond acceptors (Lipinski definition) is 3. The Kier molecular flexibility index (Phi) is 3.40. The number of nitrogens with zero attached hydrogens (tertiary/aromatic N) is 1. The van der Waals surface area contributed by atoms with Crippen LogP contribution >= 0.6 is 0 Å². The lowest BCUT2D eigenvalue weighted by atomic mass is 10.2. The minimum Gasteiger partial charge on any atom is -0.395 e. The third-order valence-electron chi connectivity index (χ3n) is 1.55. The number of aromatic nitrogens is 1. The van der Waals surface area contributed by atoms with Gasteiger partial charge in [-0.2, -0.15) is 0 Å². The molecule has 0 aliphatic carbocycles. The topological polar surface area (TPSA) is 62.2 Å². The minimum absolute atomic E-state index is 0.0580. The Morgan fingerprint density at radius 1 is 1.69 bits per heavy atom. The zero-order chi connectivity index (χ0) is 9.68. The van der Waals surface area contributed by atoms with Crippen LogP contribution in [0.25, 0.3) is 0 Å². The van der Waals surface area contributed by atoms with Gasteiger partial charge in [-0.3, -0.25) is 9.78 Å². The molecule has 1 aromatic heterocycles. The van der Waals surface area contributed by atoms with Gasteiger partial charge in [0.25, 0.3) is 5.91 Å². The summed E-state index contributed by atoms with van der Waals surface area (Å²) in [6.45, 7) is 2.09. The Morgan fingerprint density at radius 3 is 3.08 bits per heavy atom. The van der Waals surface area contributed by atoms with Gasteiger partial charge < -0.3 is 10.4 Å². The maximum atomic E-state index is 11.3. The predicted molar refractivity (Wildman–Crippen MR) is 48.4 cm³/mol. The van der Waals surface area contributed by atoms with E-state index in [4.69, 9.17) is 5.11 Å². The van der Waals surface area contributed by atoms with Crippen molar-refractivity contribution < 1.29 is 9.90 Å². The van der Waals surface area contributed by atoms with Crippen LogP contribution in [0.4, 0.5) is 0 Å². The molecule has 0 atom stereocenters. The highest BCUT2D eigenvalue weighted by atomic mass is 16.3. The first-order valence-corrected chi connectivity index (χ1v) is 4.06. The second-order valence-electron chi connectivity index (χ2n) is 2.70. The number of hydrogen-bond donors (Lipinski definition) is 2. The molecule has 1 amide bonds. The zero-order valence-electron chi connectivity index (χ0n) is 7.45. The summed E-state index contributed by atoms with van der Waals surface area (Å²) in [6, 6.07) is 3.52. The molecule has 4 heteroatoms. The van der Waals surface area contributed by atoms with Crippen LogP contribution < -0.4 is 5.32 Å². The van der Waals surface area contributed by atoms with Gasteiger partial charge in [-0.05, 0) is 24.6 Å². The van der Waals surface area contributed by atoms with Crippen molar-refractivity contribution in [2.24, 2.45) is 0 Å². The normalized spacial score (nSPS) is 9.69. The highest BCUT2D eigenvalue weighted by Crippen LogP contribution is 1.98. The summed E-state index contributed by atoms with van der Waals surface area (Å²) in [5.41, 5.74) is 1.37. The summed E-state index contributed by atoms with van der Waals surface area (Å²) in [4.78, 5) is 15.2. The largest absolute Gasteiger partial charge is 0.395 e. The Morgan fingerprint density at radius 2 is 2.46 bits per heavy atom. The van der Waals surface area contributed by atoms with Gasteiger partial charge >= 0.3 is 0 Å². The summed E-state index contributed by atoms with van der Waals surface area (Å²) in [5.74, 6) is -0.252. The van der Waals surface area contributed by atoms with Crippen LogP contribution in [0.3, 0.4) is 0 Å². The third-order valence-corrected chi connectivity index (χ3v) is 1.55. The monoisotopic (exact) mass is 180 g/mol. The molecule has 13 heavy (non-hydrogen) atoms. The predicted octanol–water partition coefficient (Wildman–Crippen LogP) is 0.112. The molecule has 70 valence electrons. The van der Waals surface area contributed by atoms with Crippen LogP contribution in [0, 0.1) is 6.92 Å². The van der Waals surface area contributed by atoms with E-state index in [2.05, 4.69) is 10.3 Å². The Hall–Kier alpha value is -1.42. The van der Waals surface area contributed by atoms with E-state index in [9.17, 15) is 4.79 Å². The molecule has 0 radical (unpaired) electrons. The average molecular weight is 180 g/mol. The molecule has 0 fully saturated rings. The number of pyridine rings is 1. The molecule has 0 bridgehead atoms. The van der Waals surface area contributed by atoms with E-state index in [0.717, 1.165) is 5.56 Å². The van der Waals surface area contributed by atoms with Gasteiger partial charge in [-0.15, -0.1) is 0 Å². The van der Waals surface area contributed by atoms with Gasteiger partial charge in [0.2, 0.25) is 0 Å². The first-order valence-electron chi connectivity index (χ1n) is 4.06. The van der Waals surface area contributed by atoms with Gasteiger partial charge in [0, 0.05) is 12.7 Å². The lowest BCUT2D eigenvalue weighted by Crippen LogP contribution is -2.27. The molecule has 1 aromatic rings. The molecule has 0 saturated heterocycles. The number of aliphatic hydroxyl groups is 1. The smallest absolute Gasteiger partial charge is 0.269 e. The number of nitrogens with one attached hydrogen (secondary N) is 1. The lowest BCUT2D eigenvalue weighted by Gasteiger charge is -2.02. The van der Waals surface area contributed by atoms with Crippen molar-refractivity contribution in [3.05, 3.63) is 29.6 Å². The maximum Gasteiger partial charge on any atom is 0.269 e. The second-order valence-corrected chi connectivity index (χ2v) is 2.70. The number of rotatable bonds is 3. The molecule has 0 unspecified atom stereocenters. The fraction of sp³-hybridized carbons (Fsp3) is 0.333. The van der Waals surface area contributed by atoms with E-state index in [1.807, 2.05) is 13.0 Å². The molecule has 0 aromatic carbocycles. The van der Waals surface area contributed by atoms with Crippen molar-refractivity contribution in [2.75, 3.05) is 13.2 Å². The van der Waals surface area contributed by atoms with Gasteiger partial charge in [-0.1, -0.05) is 0 Å². The van der Waals surface area contributed by atoms with Crippen molar-refractivity contribution in [3.63, 3.8) is 0 Å². The summed E-state index contributed by atoms with van der Waals surface area (Å²) < 4.78 is 0. The quantitative estimate of drug-likeness (QED) is 0.694. The number of carbonyl (C=O) groups excluding carboxylic acids is 1. The molecular formula is C9H12N2O2. The second kappa shape index (κ2) is 4.57. The first-order chi connectivity index (χ1) is 6.24. The molecule has 0 saturated carbocycles. The summed E-state index contributed by atoms with van der Waals surface area (Å²) >= 11 is 0. The van der Waals surface area contributed by atoms with Crippen molar-refractivity contribution in [1.29, 1.82) is 0 Å². The number of carbonyl (C=O) groups is 1. The zero-order valence-corrected chi connectivity index (χ0v) is 7.45. The fourth-order valence-corrected chi connectivity index (χ4v) is 0.920. The van der Waals surface area contributed by atoms with E-state index < -0.39 is 0 Å². The number of amides is 1. The molecule has 2 N–H and O–H groups in total. The van der Waals surface area contributed by atoms with Crippen molar-refractivity contribution >= 4 is 5.91 Å². The molecule has 4 nitrogen and oxygen atoms in total. The van der Waals surface area contributed by atoms with E-state index in [1.165, 1.54) is 0 Å². The van der Waals surface area contributed by atoms with Crippen molar-refractivity contribution in [2.45, 2.75) is 6.92 Å². The van der Waals surface area contributed by atoms with Gasteiger partial charge in [0.05, 0.1) is 6.61 Å². The average Bonchev–Trinajstić information content (AvgIpc) is 2.14. The van der Waals surface area contributed by atoms with E-state index >= 15 is 0 Å². The van der Waals surface area contributed by atoms with Crippen LogP contribution in [0.1, 0.15) is 16.1 Å². The number of aliphatic hydroxyl groups excluding tert-OH is 1. The van der Waals surface area contributed by atoms with Crippen LogP contribution in [0.5, 0.6) is 0 Å². The third kappa shape index (κ3) is 2.83. The summed E-state index contributed by atoms with van der Waals surface area (Å²) in [5, 5.41) is 11.0. The first kappa shape index (κ1) is 9.67. The molecular weight excluding hydrogens is 168 g/mol. The SMILES string of the molecule is Cc1ccnc(C(=O)NCCO)c1.